The Morgan fingerprint density at radius 3 is 2.42 bits per heavy atom. The fourth-order valence-corrected chi connectivity index (χ4v) is 4.28. The minimum atomic E-state index is -0.350. The summed E-state index contributed by atoms with van der Waals surface area (Å²) in [5.74, 6) is 1.27. The lowest BCUT2D eigenvalue weighted by molar-refractivity contribution is -0.383. The number of hydrogen-bond acceptors (Lipinski definition) is 8. The van der Waals surface area contributed by atoms with Crippen molar-refractivity contribution in [2.45, 2.75) is 26.2 Å². The topological polar surface area (TPSA) is 96.7 Å². The second-order valence-electron chi connectivity index (χ2n) is 8.04. The molecule has 0 bridgehead atoms. The van der Waals surface area contributed by atoms with Gasteiger partial charge < -0.3 is 15.0 Å². The van der Waals surface area contributed by atoms with Crippen LogP contribution in [0.1, 0.15) is 23.4 Å². The van der Waals surface area contributed by atoms with Crippen LogP contribution in [0.25, 0.3) is 0 Å². The number of aromatic nitrogens is 2. The normalized spacial score (nSPS) is 17.1. The molecule has 1 fully saturated rings. The van der Waals surface area contributed by atoms with E-state index in [1.54, 1.807) is 6.92 Å². The van der Waals surface area contributed by atoms with Crippen molar-refractivity contribution in [3.8, 4) is 0 Å². The SMILES string of the molecule is Cc1nc(NCCCN2CCOCC2)c([N+](=O)[O-])c(N2CCc3ccccc3CC2)n1. The highest BCUT2D eigenvalue weighted by Crippen LogP contribution is 2.34. The van der Waals surface area contributed by atoms with Gasteiger partial charge >= 0.3 is 5.69 Å². The summed E-state index contributed by atoms with van der Waals surface area (Å²) in [5, 5.41) is 15.2. The zero-order chi connectivity index (χ0) is 21.6. The Balaban J connectivity index is 1.47. The van der Waals surface area contributed by atoms with Gasteiger partial charge in [0, 0.05) is 32.7 Å². The lowest BCUT2D eigenvalue weighted by Gasteiger charge is -2.26. The fraction of sp³-hybridized carbons (Fsp3) is 0.545. The Bertz CT molecular complexity index is 889. The van der Waals surface area contributed by atoms with Gasteiger partial charge in [0.25, 0.3) is 0 Å². The number of rotatable bonds is 7. The summed E-state index contributed by atoms with van der Waals surface area (Å²) in [6, 6.07) is 8.37. The van der Waals surface area contributed by atoms with Crippen molar-refractivity contribution in [2.75, 3.05) is 62.7 Å². The van der Waals surface area contributed by atoms with Crippen molar-refractivity contribution in [1.82, 2.24) is 14.9 Å². The van der Waals surface area contributed by atoms with E-state index in [9.17, 15) is 10.1 Å². The molecule has 4 rings (SSSR count). The predicted octanol–water partition coefficient (Wildman–Crippen LogP) is 2.43. The van der Waals surface area contributed by atoms with Crippen LogP contribution >= 0.6 is 0 Å². The van der Waals surface area contributed by atoms with Gasteiger partial charge in [-0.1, -0.05) is 24.3 Å². The molecule has 9 nitrogen and oxygen atoms in total. The summed E-state index contributed by atoms with van der Waals surface area (Å²) < 4.78 is 5.38. The second kappa shape index (κ2) is 10.0. The highest BCUT2D eigenvalue weighted by atomic mass is 16.6. The number of morpholine rings is 1. The Morgan fingerprint density at radius 2 is 1.77 bits per heavy atom. The van der Waals surface area contributed by atoms with E-state index in [4.69, 9.17) is 4.74 Å². The smallest absolute Gasteiger partial charge is 0.353 e. The molecule has 166 valence electrons. The third-order valence-electron chi connectivity index (χ3n) is 5.93. The van der Waals surface area contributed by atoms with Crippen LogP contribution in [0.15, 0.2) is 24.3 Å². The molecule has 2 aromatic rings. The van der Waals surface area contributed by atoms with Crippen LogP contribution in [0.4, 0.5) is 17.3 Å². The zero-order valence-corrected chi connectivity index (χ0v) is 18.0. The van der Waals surface area contributed by atoms with Crippen molar-refractivity contribution < 1.29 is 9.66 Å². The van der Waals surface area contributed by atoms with E-state index in [2.05, 4.69) is 32.3 Å². The van der Waals surface area contributed by atoms with E-state index >= 15 is 0 Å². The van der Waals surface area contributed by atoms with Crippen LogP contribution < -0.4 is 10.2 Å². The van der Waals surface area contributed by atoms with Gasteiger partial charge in [-0.25, -0.2) is 9.97 Å². The van der Waals surface area contributed by atoms with Crippen molar-refractivity contribution in [2.24, 2.45) is 0 Å². The Labute approximate surface area is 182 Å². The predicted molar refractivity (Wildman–Crippen MR) is 120 cm³/mol. The van der Waals surface area contributed by atoms with E-state index < -0.39 is 0 Å². The van der Waals surface area contributed by atoms with Crippen LogP contribution in [0.3, 0.4) is 0 Å². The van der Waals surface area contributed by atoms with E-state index in [0.717, 1.165) is 52.1 Å². The molecule has 3 heterocycles. The molecule has 1 saturated heterocycles. The maximum Gasteiger partial charge on any atom is 0.353 e. The van der Waals surface area contributed by atoms with Gasteiger partial charge in [0.2, 0.25) is 11.6 Å². The highest BCUT2D eigenvalue weighted by Gasteiger charge is 2.29. The van der Waals surface area contributed by atoms with E-state index in [1.807, 2.05) is 17.0 Å². The quantitative estimate of drug-likeness (QED) is 0.410. The molecule has 2 aliphatic rings. The van der Waals surface area contributed by atoms with Crippen LogP contribution in [0.5, 0.6) is 0 Å². The number of nitro groups is 1. The maximum atomic E-state index is 12.0. The molecule has 1 aromatic carbocycles. The van der Waals surface area contributed by atoms with Crippen molar-refractivity contribution in [3.63, 3.8) is 0 Å². The first-order chi connectivity index (χ1) is 15.1. The molecule has 0 radical (unpaired) electrons. The average molecular weight is 427 g/mol. The first kappa shape index (κ1) is 21.5. The van der Waals surface area contributed by atoms with Crippen molar-refractivity contribution in [3.05, 3.63) is 51.3 Å². The largest absolute Gasteiger partial charge is 0.379 e. The van der Waals surface area contributed by atoms with E-state index in [-0.39, 0.29) is 10.6 Å². The zero-order valence-electron chi connectivity index (χ0n) is 18.0. The van der Waals surface area contributed by atoms with E-state index in [1.165, 1.54) is 11.1 Å². The average Bonchev–Trinajstić information content (AvgIpc) is 2.99. The molecule has 0 aliphatic carbocycles. The molecule has 0 atom stereocenters. The van der Waals surface area contributed by atoms with Crippen LogP contribution in [-0.2, 0) is 17.6 Å². The first-order valence-corrected chi connectivity index (χ1v) is 11.0. The molecular formula is C22H30N6O3. The third kappa shape index (κ3) is 5.29. The number of ether oxygens (including phenoxy) is 1. The summed E-state index contributed by atoms with van der Waals surface area (Å²) >= 11 is 0. The molecular weight excluding hydrogens is 396 g/mol. The maximum absolute atomic E-state index is 12.0. The van der Waals surface area contributed by atoms with Crippen molar-refractivity contribution >= 4 is 17.3 Å². The van der Waals surface area contributed by atoms with Crippen molar-refractivity contribution in [1.29, 1.82) is 0 Å². The molecule has 2 aliphatic heterocycles. The standard InChI is InChI=1S/C22H30N6O3/c1-17-24-21(23-9-4-10-26-13-15-31-16-14-26)20(28(29)30)22(25-17)27-11-7-18-5-2-3-6-19(18)8-12-27/h2-3,5-6H,4,7-16H2,1H3,(H,23,24,25). The van der Waals surface area contributed by atoms with Crippen LogP contribution in [-0.4, -0.2) is 72.3 Å². The number of fused-ring (bicyclic) bond motifs is 1. The summed E-state index contributed by atoms with van der Waals surface area (Å²) in [6.07, 6.45) is 2.58. The van der Waals surface area contributed by atoms with Gasteiger partial charge in [-0.05, 0) is 43.9 Å². The van der Waals surface area contributed by atoms with Crippen LogP contribution in [0.2, 0.25) is 0 Å². The minimum Gasteiger partial charge on any atom is -0.379 e. The summed E-state index contributed by atoms with van der Waals surface area (Å²) in [7, 11) is 0. The Hall–Kier alpha value is -2.78. The molecule has 0 amide bonds. The van der Waals surface area contributed by atoms with Gasteiger partial charge in [-0.15, -0.1) is 0 Å². The molecule has 1 N–H and O–H groups in total. The van der Waals surface area contributed by atoms with E-state index in [0.29, 0.717) is 37.1 Å². The van der Waals surface area contributed by atoms with Gasteiger partial charge in [-0.3, -0.25) is 15.0 Å². The van der Waals surface area contributed by atoms with Crippen LogP contribution in [0, 0.1) is 17.0 Å². The number of hydrogen-bond donors (Lipinski definition) is 1. The summed E-state index contributed by atoms with van der Waals surface area (Å²) in [4.78, 5) is 24.9. The second-order valence-corrected chi connectivity index (χ2v) is 8.04. The third-order valence-corrected chi connectivity index (χ3v) is 5.93. The summed E-state index contributed by atoms with van der Waals surface area (Å²) in [5.41, 5.74) is 2.59. The molecule has 9 heteroatoms. The monoisotopic (exact) mass is 426 g/mol. The van der Waals surface area contributed by atoms with Gasteiger partial charge in [0.15, 0.2) is 0 Å². The van der Waals surface area contributed by atoms with Gasteiger partial charge in [0.1, 0.15) is 5.82 Å². The number of nitrogens with one attached hydrogen (secondary N) is 1. The number of aryl methyl sites for hydroxylation is 1. The summed E-state index contributed by atoms with van der Waals surface area (Å²) in [6.45, 7) is 8.17. The number of nitrogens with zero attached hydrogens (tertiary/aromatic N) is 5. The molecule has 0 spiro atoms. The molecule has 31 heavy (non-hydrogen) atoms. The lowest BCUT2D eigenvalue weighted by Crippen LogP contribution is -2.37. The van der Waals surface area contributed by atoms with Gasteiger partial charge in [0.05, 0.1) is 18.1 Å². The fourth-order valence-electron chi connectivity index (χ4n) is 4.28. The molecule has 0 unspecified atom stereocenters. The molecule has 0 saturated carbocycles. The highest BCUT2D eigenvalue weighted by molar-refractivity contribution is 5.71. The Morgan fingerprint density at radius 1 is 1.10 bits per heavy atom. The number of benzene rings is 1. The van der Waals surface area contributed by atoms with Gasteiger partial charge in [-0.2, -0.15) is 0 Å². The Kier molecular flexibility index (Phi) is 6.93. The minimum absolute atomic E-state index is 0.0251. The molecule has 1 aromatic heterocycles. The number of anilines is 2. The first-order valence-electron chi connectivity index (χ1n) is 11.0. The lowest BCUT2D eigenvalue weighted by atomic mass is 10.0.